The second kappa shape index (κ2) is 9.34. The van der Waals surface area contributed by atoms with Crippen molar-refractivity contribution in [2.75, 3.05) is 0 Å². The van der Waals surface area contributed by atoms with E-state index in [1.165, 1.54) is 5.56 Å². The molecule has 134 valence electrons. The summed E-state index contributed by atoms with van der Waals surface area (Å²) in [4.78, 5) is 12.0. The predicted molar refractivity (Wildman–Crippen MR) is 107 cm³/mol. The first-order valence-corrected chi connectivity index (χ1v) is 9.60. The van der Waals surface area contributed by atoms with Gasteiger partial charge in [0.05, 0.1) is 11.9 Å². The Balaban J connectivity index is 1.36. The predicted octanol–water partition coefficient (Wildman–Crippen LogP) is 4.66. The van der Waals surface area contributed by atoms with Crippen LogP contribution in [-0.4, -0.2) is 15.7 Å². The molecule has 1 aromatic heterocycles. The maximum Gasteiger partial charge on any atom is 0.220 e. The highest BCUT2D eigenvalue weighted by atomic mass is 79.9. The molecule has 0 aliphatic heterocycles. The molecule has 0 radical (unpaired) electrons. The Labute approximate surface area is 162 Å². The van der Waals surface area contributed by atoms with Crippen molar-refractivity contribution in [2.45, 2.75) is 32.2 Å². The number of carbonyl (C=O) groups excluding carboxylic acids is 1. The van der Waals surface area contributed by atoms with Crippen molar-refractivity contribution in [1.29, 1.82) is 0 Å². The number of rotatable bonds is 8. The van der Waals surface area contributed by atoms with E-state index in [9.17, 15) is 4.79 Å². The number of benzene rings is 2. The van der Waals surface area contributed by atoms with E-state index in [2.05, 4.69) is 50.6 Å². The minimum Gasteiger partial charge on any atom is -0.352 e. The lowest BCUT2D eigenvalue weighted by Gasteiger charge is -2.04. The highest BCUT2D eigenvalue weighted by molar-refractivity contribution is 9.10. The van der Waals surface area contributed by atoms with Gasteiger partial charge in [-0.15, -0.1) is 0 Å². The van der Waals surface area contributed by atoms with Gasteiger partial charge in [-0.3, -0.25) is 4.79 Å². The number of amides is 1. The molecule has 1 N–H and O–H groups in total. The van der Waals surface area contributed by atoms with Gasteiger partial charge in [0.1, 0.15) is 0 Å². The molecule has 0 saturated carbocycles. The second-order valence-corrected chi connectivity index (χ2v) is 7.15. The van der Waals surface area contributed by atoms with Crippen LogP contribution >= 0.6 is 15.9 Å². The van der Waals surface area contributed by atoms with Crippen LogP contribution in [0.25, 0.3) is 5.69 Å². The third kappa shape index (κ3) is 5.56. The smallest absolute Gasteiger partial charge is 0.220 e. The van der Waals surface area contributed by atoms with Crippen LogP contribution in [0.15, 0.2) is 71.5 Å². The highest BCUT2D eigenvalue weighted by Gasteiger charge is 2.04. The van der Waals surface area contributed by atoms with Gasteiger partial charge in [0.15, 0.2) is 0 Å². The molecule has 3 aromatic rings. The lowest BCUT2D eigenvalue weighted by Crippen LogP contribution is -2.22. The van der Waals surface area contributed by atoms with Gasteiger partial charge in [0.25, 0.3) is 0 Å². The number of aryl methyl sites for hydroxylation is 1. The summed E-state index contributed by atoms with van der Waals surface area (Å²) in [5.41, 5.74) is 3.32. The summed E-state index contributed by atoms with van der Waals surface area (Å²) >= 11 is 3.44. The lowest BCUT2D eigenvalue weighted by molar-refractivity contribution is -0.121. The van der Waals surface area contributed by atoms with Crippen molar-refractivity contribution in [1.82, 2.24) is 15.1 Å². The molecule has 0 aliphatic carbocycles. The molecule has 0 aliphatic rings. The minimum atomic E-state index is 0.0910. The Morgan fingerprint density at radius 3 is 2.54 bits per heavy atom. The van der Waals surface area contributed by atoms with Crippen molar-refractivity contribution in [3.8, 4) is 5.69 Å². The highest BCUT2D eigenvalue weighted by Crippen LogP contribution is 2.13. The first kappa shape index (κ1) is 18.4. The van der Waals surface area contributed by atoms with Crippen LogP contribution in [0.4, 0.5) is 0 Å². The fraction of sp³-hybridized carbons (Fsp3) is 0.238. The summed E-state index contributed by atoms with van der Waals surface area (Å²) in [6.07, 6.45) is 7.21. The third-order valence-electron chi connectivity index (χ3n) is 4.18. The van der Waals surface area contributed by atoms with Gasteiger partial charge in [0.2, 0.25) is 5.91 Å². The molecule has 0 saturated heterocycles. The summed E-state index contributed by atoms with van der Waals surface area (Å²) in [6.45, 7) is 0.512. The zero-order valence-electron chi connectivity index (χ0n) is 14.6. The number of halogens is 1. The number of para-hydroxylation sites is 1. The van der Waals surface area contributed by atoms with Gasteiger partial charge in [-0.1, -0.05) is 46.3 Å². The number of aromatic nitrogens is 2. The van der Waals surface area contributed by atoms with Crippen molar-refractivity contribution in [2.24, 2.45) is 0 Å². The first-order valence-electron chi connectivity index (χ1n) is 8.81. The van der Waals surface area contributed by atoms with Crippen LogP contribution in [-0.2, 0) is 17.8 Å². The monoisotopic (exact) mass is 411 g/mol. The molecule has 5 heteroatoms. The Hall–Kier alpha value is -2.40. The zero-order chi connectivity index (χ0) is 18.2. The molecule has 26 heavy (non-hydrogen) atoms. The van der Waals surface area contributed by atoms with E-state index in [4.69, 9.17) is 0 Å². The molecule has 0 bridgehead atoms. The number of hydrogen-bond donors (Lipinski definition) is 1. The van der Waals surface area contributed by atoms with Crippen LogP contribution in [0.2, 0.25) is 0 Å². The van der Waals surface area contributed by atoms with Gasteiger partial charge in [-0.25, -0.2) is 4.68 Å². The van der Waals surface area contributed by atoms with E-state index >= 15 is 0 Å². The lowest BCUT2D eigenvalue weighted by atomic mass is 10.1. The van der Waals surface area contributed by atoms with E-state index in [0.717, 1.165) is 35.0 Å². The summed E-state index contributed by atoms with van der Waals surface area (Å²) < 4.78 is 2.91. The molecule has 3 rings (SSSR count). The molecular formula is C21H22BrN3O. The fourth-order valence-electron chi connectivity index (χ4n) is 2.73. The quantitative estimate of drug-likeness (QED) is 0.547. The molecule has 0 unspecified atom stereocenters. The molecule has 0 fully saturated rings. The number of unbranched alkanes of at least 4 members (excludes halogenated alkanes) is 1. The third-order valence-corrected chi connectivity index (χ3v) is 4.71. The molecular weight excluding hydrogens is 390 g/mol. The largest absolute Gasteiger partial charge is 0.352 e. The summed E-state index contributed by atoms with van der Waals surface area (Å²) in [6, 6.07) is 18.3. The zero-order valence-corrected chi connectivity index (χ0v) is 16.2. The normalized spacial score (nSPS) is 10.7. The van der Waals surface area contributed by atoms with E-state index in [1.54, 1.807) is 6.20 Å². The van der Waals surface area contributed by atoms with Gasteiger partial charge in [-0.2, -0.15) is 5.10 Å². The Bertz CT molecular complexity index is 828. The SMILES string of the molecule is O=C(CCCCc1ccc(Br)cc1)NCc1cnn(-c2ccccc2)c1. The standard InChI is InChI=1S/C21H22BrN3O/c22-19-12-10-17(11-13-19)6-4-5-9-21(26)23-14-18-15-24-25(16-18)20-7-2-1-3-8-20/h1-3,7-8,10-13,15-16H,4-6,9,14H2,(H,23,26). The van der Waals surface area contributed by atoms with Gasteiger partial charge in [-0.05, 0) is 49.1 Å². The average Bonchev–Trinajstić information content (AvgIpc) is 3.15. The molecule has 0 spiro atoms. The number of carbonyl (C=O) groups is 1. The topological polar surface area (TPSA) is 46.9 Å². The summed E-state index contributed by atoms with van der Waals surface area (Å²) in [5, 5.41) is 7.31. The molecule has 1 amide bonds. The van der Waals surface area contributed by atoms with E-state index in [1.807, 2.05) is 41.2 Å². The van der Waals surface area contributed by atoms with Crippen LogP contribution in [0, 0.1) is 0 Å². The molecule has 1 heterocycles. The van der Waals surface area contributed by atoms with Gasteiger partial charge >= 0.3 is 0 Å². The van der Waals surface area contributed by atoms with Crippen molar-refractivity contribution in [3.63, 3.8) is 0 Å². The molecule has 2 aromatic carbocycles. The number of nitrogens with one attached hydrogen (secondary N) is 1. The Morgan fingerprint density at radius 2 is 1.77 bits per heavy atom. The van der Waals surface area contributed by atoms with Gasteiger partial charge in [0, 0.05) is 29.2 Å². The Morgan fingerprint density at radius 1 is 1.00 bits per heavy atom. The maximum atomic E-state index is 12.0. The second-order valence-electron chi connectivity index (χ2n) is 6.24. The van der Waals surface area contributed by atoms with Crippen LogP contribution in [0.3, 0.4) is 0 Å². The first-order chi connectivity index (χ1) is 12.7. The van der Waals surface area contributed by atoms with E-state index < -0.39 is 0 Å². The van der Waals surface area contributed by atoms with Crippen molar-refractivity contribution >= 4 is 21.8 Å². The van der Waals surface area contributed by atoms with Gasteiger partial charge < -0.3 is 5.32 Å². The summed E-state index contributed by atoms with van der Waals surface area (Å²) in [5.74, 6) is 0.0910. The van der Waals surface area contributed by atoms with E-state index in [-0.39, 0.29) is 5.91 Å². The maximum absolute atomic E-state index is 12.0. The molecule has 4 nitrogen and oxygen atoms in total. The number of nitrogens with zero attached hydrogens (tertiary/aromatic N) is 2. The van der Waals surface area contributed by atoms with Crippen molar-refractivity contribution < 1.29 is 4.79 Å². The molecule has 0 atom stereocenters. The Kier molecular flexibility index (Phi) is 6.61. The number of hydrogen-bond acceptors (Lipinski definition) is 2. The minimum absolute atomic E-state index is 0.0910. The summed E-state index contributed by atoms with van der Waals surface area (Å²) in [7, 11) is 0. The van der Waals surface area contributed by atoms with Crippen molar-refractivity contribution in [3.05, 3.63) is 82.6 Å². The van der Waals surface area contributed by atoms with Crippen LogP contribution in [0.1, 0.15) is 30.4 Å². The van der Waals surface area contributed by atoms with Crippen LogP contribution < -0.4 is 5.32 Å². The van der Waals surface area contributed by atoms with E-state index in [0.29, 0.717) is 13.0 Å². The fourth-order valence-corrected chi connectivity index (χ4v) is 2.99. The average molecular weight is 412 g/mol. The van der Waals surface area contributed by atoms with Crippen LogP contribution in [0.5, 0.6) is 0 Å².